The van der Waals surface area contributed by atoms with Crippen LogP contribution in [0.5, 0.6) is 0 Å². The van der Waals surface area contributed by atoms with Gasteiger partial charge in [-0.3, -0.25) is 0 Å². The number of thiol groups is 1. The first-order chi connectivity index (χ1) is 3.56. The van der Waals surface area contributed by atoms with Crippen LogP contribution in [0.1, 0.15) is 6.42 Å². The van der Waals surface area contributed by atoms with Gasteiger partial charge in [-0.25, -0.2) is 8.42 Å². The van der Waals surface area contributed by atoms with Gasteiger partial charge in [0.05, 0.1) is 10.1 Å². The van der Waals surface area contributed by atoms with Crippen LogP contribution in [0.25, 0.3) is 0 Å². The van der Waals surface area contributed by atoms with Gasteiger partial charge in [0, 0.05) is 5.75 Å². The summed E-state index contributed by atoms with van der Waals surface area (Å²) >= 11 is 3.73. The molecule has 0 fully saturated rings. The van der Waals surface area contributed by atoms with Gasteiger partial charge < -0.3 is 4.55 Å². The second-order valence-electron chi connectivity index (χ2n) is 1.34. The summed E-state index contributed by atoms with van der Waals surface area (Å²) in [6.45, 7) is 0. The molecule has 3 nitrogen and oxygen atoms in total. The van der Waals surface area contributed by atoms with Crippen LogP contribution in [0.4, 0.5) is 0 Å². The van der Waals surface area contributed by atoms with E-state index in [9.17, 15) is 13.0 Å². The van der Waals surface area contributed by atoms with Crippen LogP contribution in [-0.4, -0.2) is 24.5 Å². The van der Waals surface area contributed by atoms with Gasteiger partial charge in [0.1, 0.15) is 0 Å². The molecule has 0 N–H and O–H groups in total. The Hall–Kier alpha value is 0.857. The fraction of sp³-hybridized carbons (Fsp3) is 1.00. The minimum Gasteiger partial charge on any atom is -0.748 e. The molecule has 0 unspecified atom stereocenters. The molecule has 0 heterocycles. The molecule has 0 aromatic carbocycles. The van der Waals surface area contributed by atoms with E-state index in [0.29, 0.717) is 12.2 Å². The van der Waals surface area contributed by atoms with Crippen LogP contribution < -0.4 is 18.9 Å². The molecule has 0 aromatic rings. The summed E-state index contributed by atoms with van der Waals surface area (Å²) in [5.74, 6) is 0.151. The molecule has 6 heteroatoms. The van der Waals surface area contributed by atoms with Gasteiger partial charge >= 0.3 is 18.9 Å². The fourth-order valence-corrected chi connectivity index (χ4v) is 1.11. The van der Waals surface area contributed by atoms with Gasteiger partial charge in [0.25, 0.3) is 0 Å². The molecule has 0 aromatic heterocycles. The van der Waals surface area contributed by atoms with E-state index in [1.54, 1.807) is 0 Å². The zero-order valence-corrected chi connectivity index (χ0v) is 6.91. The van der Waals surface area contributed by atoms with Crippen LogP contribution >= 0.6 is 12.6 Å². The van der Waals surface area contributed by atoms with E-state index >= 15 is 0 Å². The molecule has 0 aliphatic carbocycles. The molecule has 0 spiro atoms. The Morgan fingerprint density at radius 2 is 1.89 bits per heavy atom. The summed E-state index contributed by atoms with van der Waals surface area (Å²) in [7, 11) is -3.99. The normalized spacial score (nSPS) is 10.4. The molecule has 50 valence electrons. The third-order valence-electron chi connectivity index (χ3n) is 0.552. The Morgan fingerprint density at radius 1 is 1.44 bits per heavy atom. The maximum absolute atomic E-state index is 9.80. The van der Waals surface area contributed by atoms with Gasteiger partial charge in [-0.15, -0.1) is 0 Å². The zero-order chi connectivity index (χ0) is 6.62. The van der Waals surface area contributed by atoms with E-state index < -0.39 is 10.1 Å². The van der Waals surface area contributed by atoms with E-state index in [1.807, 2.05) is 0 Å². The molecule has 0 aliphatic rings. The van der Waals surface area contributed by atoms with Gasteiger partial charge in [0.15, 0.2) is 0 Å². The molecule has 0 amide bonds. The quantitative estimate of drug-likeness (QED) is 0.271. The summed E-state index contributed by atoms with van der Waals surface area (Å²) in [5, 5.41) is 0. The van der Waals surface area contributed by atoms with Gasteiger partial charge in [-0.05, 0) is 12.2 Å². The Balaban J connectivity index is 0. The van der Waals surface area contributed by atoms with Crippen LogP contribution in [0.15, 0.2) is 0 Å². The first-order valence-corrected chi connectivity index (χ1v) is 4.31. The maximum Gasteiger partial charge on any atom is 1.00 e. The van der Waals surface area contributed by atoms with E-state index in [0.717, 1.165) is 0 Å². The first kappa shape index (κ1) is 12.5. The molecule has 0 radical (unpaired) electrons. The monoisotopic (exact) mass is 162 g/mol. The van der Waals surface area contributed by atoms with Crippen molar-refractivity contribution in [1.82, 2.24) is 0 Å². The van der Waals surface area contributed by atoms with Crippen molar-refractivity contribution in [1.29, 1.82) is 0 Å². The van der Waals surface area contributed by atoms with Crippen LogP contribution in [0.2, 0.25) is 0 Å². The Morgan fingerprint density at radius 3 is 2.00 bits per heavy atom. The third-order valence-corrected chi connectivity index (χ3v) is 1.66. The number of hydrogen-bond donors (Lipinski definition) is 1. The van der Waals surface area contributed by atoms with Crippen molar-refractivity contribution in [2.24, 2.45) is 0 Å². The Kier molecular flexibility index (Phi) is 7.83. The molecular weight excluding hydrogens is 155 g/mol. The standard InChI is InChI=1S/C3H8O3S2.Li/c4-8(5,6)3-1-2-7;/h7H,1-3H2,(H,4,5,6);/q;+1/p-1. The maximum atomic E-state index is 9.80. The second kappa shape index (κ2) is 5.63. The predicted octanol–water partition coefficient (Wildman–Crippen LogP) is -3.14. The third kappa shape index (κ3) is 12.1. The molecular formula is C3H7LiO3S2. The van der Waals surface area contributed by atoms with Gasteiger partial charge in [-0.1, -0.05) is 0 Å². The largest absolute Gasteiger partial charge is 1.00 e. The summed E-state index contributed by atoms with van der Waals surface area (Å²) in [6.07, 6.45) is 0.342. The predicted molar refractivity (Wildman–Crippen MR) is 33.0 cm³/mol. The first-order valence-electron chi connectivity index (χ1n) is 2.10. The van der Waals surface area contributed by atoms with Crippen molar-refractivity contribution in [2.75, 3.05) is 11.5 Å². The van der Waals surface area contributed by atoms with E-state index in [4.69, 9.17) is 0 Å². The van der Waals surface area contributed by atoms with Gasteiger partial charge in [0.2, 0.25) is 0 Å². The van der Waals surface area contributed by atoms with Crippen LogP contribution in [0.3, 0.4) is 0 Å². The molecule has 0 bridgehead atoms. The van der Waals surface area contributed by atoms with Crippen LogP contribution in [0, 0.1) is 0 Å². The van der Waals surface area contributed by atoms with Crippen molar-refractivity contribution < 1.29 is 31.8 Å². The molecule has 0 saturated heterocycles. The molecule has 0 atom stereocenters. The number of rotatable bonds is 3. The van der Waals surface area contributed by atoms with Crippen molar-refractivity contribution in [3.05, 3.63) is 0 Å². The summed E-state index contributed by atoms with van der Waals surface area (Å²) in [4.78, 5) is 0. The zero-order valence-electron chi connectivity index (χ0n) is 5.20. The molecule has 0 saturated carbocycles. The smallest absolute Gasteiger partial charge is 0.748 e. The number of hydrogen-bond acceptors (Lipinski definition) is 4. The van der Waals surface area contributed by atoms with E-state index in [1.165, 1.54) is 0 Å². The summed E-state index contributed by atoms with van der Waals surface area (Å²) in [5.41, 5.74) is 0. The van der Waals surface area contributed by atoms with Crippen LogP contribution in [-0.2, 0) is 10.1 Å². The van der Waals surface area contributed by atoms with Crippen molar-refractivity contribution >= 4 is 22.7 Å². The minimum atomic E-state index is -3.99. The summed E-state index contributed by atoms with van der Waals surface area (Å²) < 4.78 is 29.4. The van der Waals surface area contributed by atoms with E-state index in [-0.39, 0.29) is 24.6 Å². The Bertz CT molecular complexity index is 141. The van der Waals surface area contributed by atoms with Gasteiger partial charge in [-0.2, -0.15) is 12.6 Å². The SMILES string of the molecule is O=S(=O)([O-])CCCS.[Li+]. The molecule has 9 heavy (non-hydrogen) atoms. The van der Waals surface area contributed by atoms with Crippen molar-refractivity contribution in [2.45, 2.75) is 6.42 Å². The molecule has 0 aliphatic heterocycles. The summed E-state index contributed by atoms with van der Waals surface area (Å²) in [6, 6.07) is 0. The topological polar surface area (TPSA) is 57.2 Å². The Labute approximate surface area is 72.6 Å². The fourth-order valence-electron chi connectivity index (χ4n) is 0.241. The second-order valence-corrected chi connectivity index (χ2v) is 3.31. The van der Waals surface area contributed by atoms with E-state index in [2.05, 4.69) is 12.6 Å². The van der Waals surface area contributed by atoms with Crippen molar-refractivity contribution in [3.63, 3.8) is 0 Å². The average molecular weight is 162 g/mol. The minimum absolute atomic E-state index is 0. The average Bonchev–Trinajstić information content (AvgIpc) is 1.59. The van der Waals surface area contributed by atoms with Crippen molar-refractivity contribution in [3.8, 4) is 0 Å². The molecule has 0 rings (SSSR count).